The number of rotatable bonds is 3. The molecule has 0 spiro atoms. The van der Waals surface area contributed by atoms with Crippen molar-refractivity contribution in [1.82, 2.24) is 0 Å². The second kappa shape index (κ2) is 3.83. The molecule has 0 fully saturated rings. The molecule has 0 radical (unpaired) electrons. The van der Waals surface area contributed by atoms with E-state index in [0.29, 0.717) is 5.69 Å². The Kier molecular flexibility index (Phi) is 3.06. The van der Waals surface area contributed by atoms with Gasteiger partial charge in [-0.1, -0.05) is 12.1 Å². The molecule has 0 aliphatic carbocycles. The zero-order chi connectivity index (χ0) is 11.7. The van der Waals surface area contributed by atoms with Gasteiger partial charge in [-0.3, -0.25) is 4.72 Å². The van der Waals surface area contributed by atoms with E-state index in [9.17, 15) is 8.42 Å². The van der Waals surface area contributed by atoms with Gasteiger partial charge in [0.1, 0.15) is 0 Å². The van der Waals surface area contributed by atoms with Crippen molar-refractivity contribution in [3.63, 3.8) is 0 Å². The fourth-order valence-electron chi connectivity index (χ4n) is 1.18. The maximum atomic E-state index is 10.9. The lowest BCUT2D eigenvalue weighted by atomic mass is 9.96. The third kappa shape index (κ3) is 3.89. The first-order valence-corrected chi connectivity index (χ1v) is 6.45. The minimum absolute atomic E-state index is 0.413. The van der Waals surface area contributed by atoms with Gasteiger partial charge in [0, 0.05) is 11.2 Å². The van der Waals surface area contributed by atoms with E-state index in [-0.39, 0.29) is 0 Å². The molecule has 0 saturated heterocycles. The number of nitrogens with one attached hydrogen (secondary N) is 1. The third-order valence-electron chi connectivity index (χ3n) is 1.93. The molecule has 0 saturated carbocycles. The molecule has 0 aliphatic heterocycles. The Balaban J connectivity index is 2.91. The summed E-state index contributed by atoms with van der Waals surface area (Å²) < 4.78 is 24.3. The molecule has 5 heteroatoms. The lowest BCUT2D eigenvalue weighted by Crippen LogP contribution is -2.28. The summed E-state index contributed by atoms with van der Waals surface area (Å²) in [5.41, 5.74) is 6.99. The maximum absolute atomic E-state index is 10.9. The highest BCUT2D eigenvalue weighted by Gasteiger charge is 2.13. The van der Waals surface area contributed by atoms with E-state index in [2.05, 4.69) is 4.72 Å². The van der Waals surface area contributed by atoms with Gasteiger partial charge in [-0.25, -0.2) is 8.42 Å². The molecule has 4 nitrogen and oxygen atoms in total. The number of nitrogens with two attached hydrogens (primary N) is 1. The van der Waals surface area contributed by atoms with Crippen LogP contribution in [0.1, 0.15) is 19.4 Å². The molecule has 1 rings (SSSR count). The number of hydrogen-bond acceptors (Lipinski definition) is 3. The van der Waals surface area contributed by atoms with Crippen LogP contribution in [0, 0.1) is 0 Å². The third-order valence-corrected chi connectivity index (χ3v) is 2.54. The summed E-state index contributed by atoms with van der Waals surface area (Å²) in [6.07, 6.45) is 1.12. The Bertz CT molecular complexity index is 429. The van der Waals surface area contributed by atoms with Gasteiger partial charge in [0.15, 0.2) is 0 Å². The van der Waals surface area contributed by atoms with Crippen LogP contribution >= 0.6 is 0 Å². The zero-order valence-electron chi connectivity index (χ0n) is 9.11. The quantitative estimate of drug-likeness (QED) is 0.818. The lowest BCUT2D eigenvalue weighted by Gasteiger charge is -2.19. The van der Waals surface area contributed by atoms with E-state index in [1.54, 1.807) is 12.1 Å². The van der Waals surface area contributed by atoms with Gasteiger partial charge in [-0.2, -0.15) is 0 Å². The molecule has 3 N–H and O–H groups in total. The van der Waals surface area contributed by atoms with Crippen molar-refractivity contribution >= 4 is 15.7 Å². The van der Waals surface area contributed by atoms with Crippen LogP contribution in [0.3, 0.4) is 0 Å². The Morgan fingerprint density at radius 3 is 2.00 bits per heavy atom. The fourth-order valence-corrected chi connectivity index (χ4v) is 1.75. The maximum Gasteiger partial charge on any atom is 0.229 e. The summed E-state index contributed by atoms with van der Waals surface area (Å²) in [7, 11) is -3.21. The number of hydrogen-bond donors (Lipinski definition) is 2. The van der Waals surface area contributed by atoms with Gasteiger partial charge in [-0.15, -0.1) is 0 Å². The average Bonchev–Trinajstić information content (AvgIpc) is 2.00. The standard InChI is InChI=1S/C10H16N2O2S/c1-10(2,11)8-4-6-9(7-5-8)12-15(3,13)14/h4-7,12H,11H2,1-3H3. The molecule has 1 aromatic rings. The van der Waals surface area contributed by atoms with Crippen molar-refractivity contribution in [2.45, 2.75) is 19.4 Å². The zero-order valence-corrected chi connectivity index (χ0v) is 9.93. The first-order valence-electron chi connectivity index (χ1n) is 4.56. The minimum atomic E-state index is -3.21. The molecule has 0 amide bonds. The van der Waals surface area contributed by atoms with E-state index in [4.69, 9.17) is 5.73 Å². The first-order chi connectivity index (χ1) is 6.68. The molecule has 0 aromatic heterocycles. The van der Waals surface area contributed by atoms with Crippen LogP contribution in [0.5, 0.6) is 0 Å². The highest BCUT2D eigenvalue weighted by Crippen LogP contribution is 2.19. The van der Waals surface area contributed by atoms with Crippen LogP contribution in [0.4, 0.5) is 5.69 Å². The Hall–Kier alpha value is -1.07. The summed E-state index contributed by atoms with van der Waals surface area (Å²) in [6, 6.07) is 7.02. The van der Waals surface area contributed by atoms with E-state index in [1.807, 2.05) is 26.0 Å². The van der Waals surface area contributed by atoms with Crippen LogP contribution in [0.15, 0.2) is 24.3 Å². The van der Waals surface area contributed by atoms with Crippen molar-refractivity contribution in [2.24, 2.45) is 5.73 Å². The lowest BCUT2D eigenvalue weighted by molar-refractivity contribution is 0.554. The van der Waals surface area contributed by atoms with E-state index in [0.717, 1.165) is 11.8 Å². The van der Waals surface area contributed by atoms with Gasteiger partial charge >= 0.3 is 0 Å². The van der Waals surface area contributed by atoms with Crippen LogP contribution in [-0.4, -0.2) is 14.7 Å². The summed E-state index contributed by atoms with van der Waals surface area (Å²) in [5.74, 6) is 0. The molecule has 0 aliphatic rings. The fraction of sp³-hybridized carbons (Fsp3) is 0.400. The van der Waals surface area contributed by atoms with E-state index in [1.165, 1.54) is 0 Å². The summed E-state index contributed by atoms with van der Waals surface area (Å²) in [4.78, 5) is 0. The van der Waals surface area contributed by atoms with Crippen LogP contribution in [0.25, 0.3) is 0 Å². The molecule has 0 heterocycles. The summed E-state index contributed by atoms with van der Waals surface area (Å²) >= 11 is 0. The highest BCUT2D eigenvalue weighted by atomic mass is 32.2. The largest absolute Gasteiger partial charge is 0.322 e. The molecule has 0 bridgehead atoms. The Morgan fingerprint density at radius 2 is 1.67 bits per heavy atom. The topological polar surface area (TPSA) is 72.2 Å². The minimum Gasteiger partial charge on any atom is -0.322 e. The average molecular weight is 228 g/mol. The van der Waals surface area contributed by atoms with Crippen LogP contribution < -0.4 is 10.5 Å². The van der Waals surface area contributed by atoms with E-state index < -0.39 is 15.6 Å². The first kappa shape index (κ1) is 12.0. The number of sulfonamides is 1. The van der Waals surface area contributed by atoms with E-state index >= 15 is 0 Å². The SMILES string of the molecule is CC(C)(N)c1ccc(NS(C)(=O)=O)cc1. The van der Waals surface area contributed by atoms with Crippen molar-refractivity contribution in [2.75, 3.05) is 11.0 Å². The van der Waals surface area contributed by atoms with Crippen molar-refractivity contribution in [3.8, 4) is 0 Å². The van der Waals surface area contributed by atoms with Crippen molar-refractivity contribution < 1.29 is 8.42 Å². The molecule has 0 unspecified atom stereocenters. The molecule has 15 heavy (non-hydrogen) atoms. The molecule has 84 valence electrons. The Labute approximate surface area is 90.5 Å². The monoisotopic (exact) mass is 228 g/mol. The highest BCUT2D eigenvalue weighted by molar-refractivity contribution is 7.92. The van der Waals surface area contributed by atoms with Crippen molar-refractivity contribution in [1.29, 1.82) is 0 Å². The second-order valence-corrected chi connectivity index (χ2v) is 5.92. The molecule has 0 atom stereocenters. The second-order valence-electron chi connectivity index (χ2n) is 4.17. The smallest absolute Gasteiger partial charge is 0.229 e. The van der Waals surface area contributed by atoms with Gasteiger partial charge in [0.25, 0.3) is 0 Å². The summed E-state index contributed by atoms with van der Waals surface area (Å²) in [5, 5.41) is 0. The van der Waals surface area contributed by atoms with Gasteiger partial charge < -0.3 is 5.73 Å². The predicted molar refractivity (Wildman–Crippen MR) is 62.1 cm³/mol. The molecular weight excluding hydrogens is 212 g/mol. The van der Waals surface area contributed by atoms with Gasteiger partial charge in [0.05, 0.1) is 6.26 Å². The normalized spacial score (nSPS) is 12.5. The van der Waals surface area contributed by atoms with Crippen LogP contribution in [-0.2, 0) is 15.6 Å². The Morgan fingerprint density at radius 1 is 1.20 bits per heavy atom. The molecule has 1 aromatic carbocycles. The number of benzene rings is 1. The predicted octanol–water partition coefficient (Wildman–Crippen LogP) is 1.25. The van der Waals surface area contributed by atoms with Crippen molar-refractivity contribution in [3.05, 3.63) is 29.8 Å². The van der Waals surface area contributed by atoms with Gasteiger partial charge in [-0.05, 0) is 31.5 Å². The number of anilines is 1. The van der Waals surface area contributed by atoms with Gasteiger partial charge in [0.2, 0.25) is 10.0 Å². The van der Waals surface area contributed by atoms with Crippen LogP contribution in [0.2, 0.25) is 0 Å². The molecular formula is C10H16N2O2S. The summed E-state index contributed by atoms with van der Waals surface area (Å²) in [6.45, 7) is 3.79.